The summed E-state index contributed by atoms with van der Waals surface area (Å²) in [4.78, 5) is 0. The molecule has 96 valence electrons. The van der Waals surface area contributed by atoms with E-state index in [2.05, 4.69) is 31.3 Å². The first-order chi connectivity index (χ1) is 8.01. The first kappa shape index (κ1) is 14.0. The SMILES string of the molecule is CNC(c1cc(C(C)C)ccc1OC)C(C)O. The minimum Gasteiger partial charge on any atom is -0.496 e. The molecule has 1 aromatic carbocycles. The van der Waals surface area contributed by atoms with Crippen LogP contribution in [0.25, 0.3) is 0 Å². The maximum absolute atomic E-state index is 9.80. The molecule has 2 atom stereocenters. The van der Waals surface area contributed by atoms with Gasteiger partial charge in [-0.15, -0.1) is 0 Å². The van der Waals surface area contributed by atoms with Gasteiger partial charge in [0.25, 0.3) is 0 Å². The third-order valence-corrected chi connectivity index (χ3v) is 3.05. The minimum atomic E-state index is -0.462. The van der Waals surface area contributed by atoms with Crippen LogP contribution in [0, 0.1) is 0 Å². The molecule has 0 aliphatic rings. The van der Waals surface area contributed by atoms with Crippen molar-refractivity contribution in [1.82, 2.24) is 5.32 Å². The molecule has 0 bridgehead atoms. The highest BCUT2D eigenvalue weighted by Gasteiger charge is 2.20. The van der Waals surface area contributed by atoms with Gasteiger partial charge in [0.05, 0.1) is 19.3 Å². The quantitative estimate of drug-likeness (QED) is 0.826. The highest BCUT2D eigenvalue weighted by Crippen LogP contribution is 2.30. The Bertz CT molecular complexity index is 361. The predicted octanol–water partition coefficient (Wildman–Crippen LogP) is 2.46. The van der Waals surface area contributed by atoms with Crippen molar-refractivity contribution in [3.05, 3.63) is 29.3 Å². The maximum atomic E-state index is 9.80. The van der Waals surface area contributed by atoms with Gasteiger partial charge in [0, 0.05) is 5.56 Å². The zero-order valence-electron chi connectivity index (χ0n) is 11.3. The van der Waals surface area contributed by atoms with Gasteiger partial charge in [-0.1, -0.05) is 26.0 Å². The normalized spacial score (nSPS) is 14.8. The van der Waals surface area contributed by atoms with E-state index in [-0.39, 0.29) is 6.04 Å². The summed E-state index contributed by atoms with van der Waals surface area (Å²) in [6, 6.07) is 6.04. The summed E-state index contributed by atoms with van der Waals surface area (Å²) in [5, 5.41) is 12.9. The lowest BCUT2D eigenvalue weighted by Crippen LogP contribution is -2.27. The summed E-state index contributed by atoms with van der Waals surface area (Å²) in [7, 11) is 3.50. The topological polar surface area (TPSA) is 41.5 Å². The van der Waals surface area contributed by atoms with Crippen molar-refractivity contribution in [2.45, 2.75) is 38.8 Å². The summed E-state index contributed by atoms with van der Waals surface area (Å²) in [5.41, 5.74) is 2.26. The Balaban J connectivity index is 3.21. The van der Waals surface area contributed by atoms with Gasteiger partial charge >= 0.3 is 0 Å². The number of likely N-dealkylation sites (N-methyl/N-ethyl adjacent to an activating group) is 1. The van der Waals surface area contributed by atoms with Gasteiger partial charge in [-0.2, -0.15) is 0 Å². The number of hydrogen-bond acceptors (Lipinski definition) is 3. The Labute approximate surface area is 104 Å². The summed E-state index contributed by atoms with van der Waals surface area (Å²) in [6.45, 7) is 6.09. The molecule has 0 aliphatic heterocycles. The number of rotatable bonds is 5. The fourth-order valence-corrected chi connectivity index (χ4v) is 2.01. The molecule has 0 saturated heterocycles. The van der Waals surface area contributed by atoms with Crippen molar-refractivity contribution in [3.8, 4) is 5.75 Å². The third kappa shape index (κ3) is 3.20. The Kier molecular flexibility index (Phi) is 4.97. The van der Waals surface area contributed by atoms with Crippen LogP contribution in [-0.2, 0) is 0 Å². The van der Waals surface area contributed by atoms with Crippen LogP contribution in [0.2, 0.25) is 0 Å². The van der Waals surface area contributed by atoms with Gasteiger partial charge in [-0.25, -0.2) is 0 Å². The number of benzene rings is 1. The fraction of sp³-hybridized carbons (Fsp3) is 0.571. The van der Waals surface area contributed by atoms with Gasteiger partial charge in [-0.3, -0.25) is 0 Å². The lowest BCUT2D eigenvalue weighted by Gasteiger charge is -2.23. The van der Waals surface area contributed by atoms with Gasteiger partial charge in [0.1, 0.15) is 5.75 Å². The van der Waals surface area contributed by atoms with E-state index in [0.717, 1.165) is 11.3 Å². The van der Waals surface area contributed by atoms with Gasteiger partial charge < -0.3 is 15.2 Å². The molecule has 0 heterocycles. The standard InChI is InChI=1S/C14H23NO2/c1-9(2)11-6-7-13(17-5)12(8-11)14(15-4)10(3)16/h6-10,14-16H,1-5H3. The van der Waals surface area contributed by atoms with E-state index in [1.54, 1.807) is 14.0 Å². The van der Waals surface area contributed by atoms with E-state index >= 15 is 0 Å². The smallest absolute Gasteiger partial charge is 0.123 e. The molecule has 0 spiro atoms. The third-order valence-electron chi connectivity index (χ3n) is 3.05. The highest BCUT2D eigenvalue weighted by atomic mass is 16.5. The van der Waals surface area contributed by atoms with E-state index in [0.29, 0.717) is 5.92 Å². The van der Waals surface area contributed by atoms with Gasteiger partial charge in [0.2, 0.25) is 0 Å². The zero-order valence-corrected chi connectivity index (χ0v) is 11.3. The summed E-state index contributed by atoms with van der Waals surface area (Å²) in [6.07, 6.45) is -0.462. The van der Waals surface area contributed by atoms with Gasteiger partial charge in [-0.05, 0) is 31.5 Å². The van der Waals surface area contributed by atoms with E-state index in [4.69, 9.17) is 4.74 Å². The summed E-state index contributed by atoms with van der Waals surface area (Å²) >= 11 is 0. The largest absolute Gasteiger partial charge is 0.496 e. The number of methoxy groups -OCH3 is 1. The Morgan fingerprint density at radius 1 is 1.24 bits per heavy atom. The second-order valence-corrected chi connectivity index (χ2v) is 4.66. The molecule has 2 N–H and O–H groups in total. The molecule has 0 saturated carbocycles. The Morgan fingerprint density at radius 3 is 2.29 bits per heavy atom. The summed E-state index contributed by atoms with van der Waals surface area (Å²) in [5.74, 6) is 1.28. The van der Waals surface area contributed by atoms with Crippen LogP contribution >= 0.6 is 0 Å². The van der Waals surface area contributed by atoms with Crippen LogP contribution in [0.4, 0.5) is 0 Å². The van der Waals surface area contributed by atoms with Crippen LogP contribution in [0.1, 0.15) is 43.9 Å². The molecule has 1 rings (SSSR count). The Morgan fingerprint density at radius 2 is 1.88 bits per heavy atom. The van der Waals surface area contributed by atoms with Crippen LogP contribution in [0.5, 0.6) is 5.75 Å². The lowest BCUT2D eigenvalue weighted by molar-refractivity contribution is 0.148. The lowest BCUT2D eigenvalue weighted by atomic mass is 9.95. The molecule has 0 radical (unpaired) electrons. The molecule has 0 aliphatic carbocycles. The Hall–Kier alpha value is -1.06. The van der Waals surface area contributed by atoms with Crippen molar-refractivity contribution >= 4 is 0 Å². The number of ether oxygens (including phenoxy) is 1. The molecule has 1 aromatic rings. The molecule has 0 aromatic heterocycles. The fourth-order valence-electron chi connectivity index (χ4n) is 2.01. The van der Waals surface area contributed by atoms with Crippen LogP contribution in [0.3, 0.4) is 0 Å². The summed E-state index contributed by atoms with van der Waals surface area (Å²) < 4.78 is 5.36. The van der Waals surface area contributed by atoms with E-state index in [1.807, 2.05) is 13.1 Å². The van der Waals surface area contributed by atoms with Crippen molar-refractivity contribution in [3.63, 3.8) is 0 Å². The van der Waals surface area contributed by atoms with Crippen LogP contribution in [-0.4, -0.2) is 25.4 Å². The molecule has 0 amide bonds. The molecule has 17 heavy (non-hydrogen) atoms. The number of aliphatic hydroxyl groups excluding tert-OH is 1. The van der Waals surface area contributed by atoms with Gasteiger partial charge in [0.15, 0.2) is 0 Å². The monoisotopic (exact) mass is 237 g/mol. The predicted molar refractivity (Wildman–Crippen MR) is 70.6 cm³/mol. The van der Waals surface area contributed by atoms with E-state index in [1.165, 1.54) is 5.56 Å². The van der Waals surface area contributed by atoms with Crippen LogP contribution < -0.4 is 10.1 Å². The van der Waals surface area contributed by atoms with Crippen molar-refractivity contribution in [2.24, 2.45) is 0 Å². The average Bonchev–Trinajstić information content (AvgIpc) is 2.29. The first-order valence-electron chi connectivity index (χ1n) is 6.04. The molecular formula is C14H23NO2. The second-order valence-electron chi connectivity index (χ2n) is 4.66. The van der Waals surface area contributed by atoms with Crippen molar-refractivity contribution in [2.75, 3.05) is 14.2 Å². The van der Waals surface area contributed by atoms with Crippen molar-refractivity contribution in [1.29, 1.82) is 0 Å². The van der Waals surface area contributed by atoms with Crippen LogP contribution in [0.15, 0.2) is 18.2 Å². The molecule has 3 heteroatoms. The maximum Gasteiger partial charge on any atom is 0.123 e. The molecule has 0 fully saturated rings. The number of aliphatic hydroxyl groups is 1. The highest BCUT2D eigenvalue weighted by molar-refractivity contribution is 5.41. The van der Waals surface area contributed by atoms with E-state index < -0.39 is 6.10 Å². The molecular weight excluding hydrogens is 214 g/mol. The minimum absolute atomic E-state index is 0.108. The first-order valence-corrected chi connectivity index (χ1v) is 6.04. The average molecular weight is 237 g/mol. The van der Waals surface area contributed by atoms with E-state index in [9.17, 15) is 5.11 Å². The van der Waals surface area contributed by atoms with Crippen molar-refractivity contribution < 1.29 is 9.84 Å². The molecule has 2 unspecified atom stereocenters. The number of nitrogens with one attached hydrogen (secondary N) is 1. The zero-order chi connectivity index (χ0) is 13.0. The number of hydrogen-bond donors (Lipinski definition) is 2. The second kappa shape index (κ2) is 6.03. The molecule has 3 nitrogen and oxygen atoms in total.